The maximum atomic E-state index is 13.6. The second kappa shape index (κ2) is 8.93. The number of carbonyl (C=O) groups is 1. The van der Waals surface area contributed by atoms with Crippen LogP contribution in [0.15, 0.2) is 40.9 Å². The predicted molar refractivity (Wildman–Crippen MR) is 106 cm³/mol. The molecule has 4 rings (SSSR count). The number of likely N-dealkylation sites (tertiary alicyclic amines) is 1. The van der Waals surface area contributed by atoms with Gasteiger partial charge in [0.1, 0.15) is 5.82 Å². The van der Waals surface area contributed by atoms with Crippen LogP contribution in [-0.4, -0.2) is 39.2 Å². The van der Waals surface area contributed by atoms with Crippen LogP contribution in [0.4, 0.5) is 23.7 Å². The van der Waals surface area contributed by atoms with Crippen molar-refractivity contribution in [2.24, 2.45) is 0 Å². The molecule has 0 saturated carbocycles. The molecule has 11 heteroatoms. The van der Waals surface area contributed by atoms with E-state index in [1.807, 2.05) is 0 Å². The number of alkyl halides is 2. The van der Waals surface area contributed by atoms with Crippen LogP contribution in [0.25, 0.3) is 11.5 Å². The van der Waals surface area contributed by atoms with Crippen molar-refractivity contribution in [3.05, 3.63) is 59.0 Å². The molecule has 2 aromatic heterocycles. The van der Waals surface area contributed by atoms with Crippen LogP contribution in [0.5, 0.6) is 0 Å². The van der Waals surface area contributed by atoms with Crippen molar-refractivity contribution in [2.45, 2.75) is 25.8 Å². The van der Waals surface area contributed by atoms with Crippen LogP contribution in [0.1, 0.15) is 30.9 Å². The first-order chi connectivity index (χ1) is 14.9. The number of urea groups is 1. The molecule has 0 radical (unpaired) electrons. The van der Waals surface area contributed by atoms with Gasteiger partial charge in [-0.3, -0.25) is 9.88 Å². The number of aromatic nitrogens is 3. The molecule has 1 aliphatic heterocycles. The Morgan fingerprint density at radius 3 is 2.58 bits per heavy atom. The summed E-state index contributed by atoms with van der Waals surface area (Å²) in [6.45, 7) is 1.38. The number of anilines is 1. The average molecular weight is 452 g/mol. The van der Waals surface area contributed by atoms with Crippen molar-refractivity contribution in [2.75, 3.05) is 18.0 Å². The molecule has 7 nitrogen and oxygen atoms in total. The molecular formula is C20H17ClF3N5O2. The molecule has 1 fully saturated rings. The molecule has 3 heterocycles. The van der Waals surface area contributed by atoms with E-state index in [0.29, 0.717) is 30.0 Å². The van der Waals surface area contributed by atoms with Gasteiger partial charge in [-0.25, -0.2) is 9.18 Å². The van der Waals surface area contributed by atoms with Crippen molar-refractivity contribution in [3.63, 3.8) is 0 Å². The van der Waals surface area contributed by atoms with Crippen molar-refractivity contribution in [1.29, 1.82) is 0 Å². The Morgan fingerprint density at radius 1 is 1.19 bits per heavy atom. The highest BCUT2D eigenvalue weighted by Crippen LogP contribution is 2.27. The zero-order valence-corrected chi connectivity index (χ0v) is 16.9. The topological polar surface area (TPSA) is 75.4 Å². The Kier molecular flexibility index (Phi) is 6.08. The fourth-order valence-corrected chi connectivity index (χ4v) is 3.42. The lowest BCUT2D eigenvalue weighted by atomic mass is 10.2. The zero-order valence-electron chi connectivity index (χ0n) is 16.1. The molecule has 0 aliphatic carbocycles. The first kappa shape index (κ1) is 21.1. The third kappa shape index (κ3) is 4.63. The van der Waals surface area contributed by atoms with Crippen LogP contribution in [0, 0.1) is 5.82 Å². The minimum Gasteiger partial charge on any atom is -0.415 e. The van der Waals surface area contributed by atoms with Crippen molar-refractivity contribution in [1.82, 2.24) is 20.1 Å². The molecule has 1 aliphatic rings. The third-order valence-electron chi connectivity index (χ3n) is 4.84. The van der Waals surface area contributed by atoms with Gasteiger partial charge < -0.3 is 9.32 Å². The highest BCUT2D eigenvalue weighted by molar-refractivity contribution is 6.31. The first-order valence-electron chi connectivity index (χ1n) is 9.50. The van der Waals surface area contributed by atoms with Gasteiger partial charge in [0.15, 0.2) is 0 Å². The number of benzene rings is 1. The lowest BCUT2D eigenvalue weighted by Crippen LogP contribution is -2.41. The number of nitrogens with zero attached hydrogens (tertiary/aromatic N) is 5. The number of carbonyl (C=O) groups excluding carboxylic acids is 1. The Morgan fingerprint density at radius 2 is 1.97 bits per heavy atom. The van der Waals surface area contributed by atoms with E-state index in [1.54, 1.807) is 17.0 Å². The number of amides is 2. The minimum absolute atomic E-state index is 0.0790. The quantitative estimate of drug-likeness (QED) is 0.540. The highest BCUT2D eigenvalue weighted by atomic mass is 35.5. The summed E-state index contributed by atoms with van der Waals surface area (Å²) in [5.41, 5.74) is 1.32. The maximum Gasteiger partial charge on any atom is 0.324 e. The number of hydrogen-bond donors (Lipinski definition) is 0. The molecular weight excluding hydrogens is 435 g/mol. The summed E-state index contributed by atoms with van der Waals surface area (Å²) in [7, 11) is 0. The first-order valence-corrected chi connectivity index (χ1v) is 9.88. The van der Waals surface area contributed by atoms with E-state index in [1.165, 1.54) is 29.3 Å². The van der Waals surface area contributed by atoms with Crippen LogP contribution in [0.3, 0.4) is 0 Å². The number of rotatable bonds is 5. The molecule has 0 spiro atoms. The minimum atomic E-state index is -2.86. The lowest BCUT2D eigenvalue weighted by Gasteiger charge is -2.28. The standard InChI is InChI=1S/C20H17ClF3N5O2/c21-15-9-14(5-6-16(15)22)29(20(30)28-7-1-2-8-28)11-13-4-3-12(10-25-13)18-26-27-19(31-18)17(23)24/h3-6,9-10,17H,1-2,7-8,11H2. The van der Waals surface area contributed by atoms with Crippen LogP contribution in [0.2, 0.25) is 5.02 Å². The molecule has 3 aromatic rings. The molecule has 0 N–H and O–H groups in total. The number of halogens is 4. The maximum absolute atomic E-state index is 13.6. The van der Waals surface area contributed by atoms with E-state index in [2.05, 4.69) is 15.2 Å². The van der Waals surface area contributed by atoms with Gasteiger partial charge >= 0.3 is 12.5 Å². The normalized spacial score (nSPS) is 13.8. The van der Waals surface area contributed by atoms with E-state index in [0.717, 1.165) is 12.8 Å². The van der Waals surface area contributed by atoms with Gasteiger partial charge in [-0.15, -0.1) is 10.2 Å². The van der Waals surface area contributed by atoms with Crippen LogP contribution >= 0.6 is 11.6 Å². The average Bonchev–Trinajstić information content (AvgIpc) is 3.46. The fourth-order valence-electron chi connectivity index (χ4n) is 3.25. The second-order valence-corrected chi connectivity index (χ2v) is 7.35. The largest absolute Gasteiger partial charge is 0.415 e. The summed E-state index contributed by atoms with van der Waals surface area (Å²) in [5.74, 6) is -1.43. The summed E-state index contributed by atoms with van der Waals surface area (Å²) in [6.07, 6.45) is 0.373. The molecule has 0 atom stereocenters. The molecule has 1 saturated heterocycles. The van der Waals surface area contributed by atoms with Gasteiger partial charge in [-0.1, -0.05) is 11.6 Å². The summed E-state index contributed by atoms with van der Waals surface area (Å²) in [4.78, 5) is 20.6. The predicted octanol–water partition coefficient (Wildman–Crippen LogP) is 5.08. The molecule has 0 bridgehead atoms. The Labute approximate surface area is 180 Å². The molecule has 31 heavy (non-hydrogen) atoms. The summed E-state index contributed by atoms with van der Waals surface area (Å²) in [6, 6.07) is 7.05. The molecule has 1 aromatic carbocycles. The summed E-state index contributed by atoms with van der Waals surface area (Å²) in [5, 5.41) is 6.78. The third-order valence-corrected chi connectivity index (χ3v) is 5.13. The zero-order chi connectivity index (χ0) is 22.0. The van der Waals surface area contributed by atoms with Gasteiger partial charge in [0.2, 0.25) is 5.89 Å². The number of hydrogen-bond acceptors (Lipinski definition) is 5. The Hall–Kier alpha value is -3.14. The van der Waals surface area contributed by atoms with Gasteiger partial charge in [-0.2, -0.15) is 8.78 Å². The van der Waals surface area contributed by atoms with Crippen molar-refractivity contribution >= 4 is 23.3 Å². The van der Waals surface area contributed by atoms with Crippen LogP contribution < -0.4 is 4.90 Å². The summed E-state index contributed by atoms with van der Waals surface area (Å²) < 4.78 is 43.8. The van der Waals surface area contributed by atoms with Crippen LogP contribution in [-0.2, 0) is 6.54 Å². The SMILES string of the molecule is O=C(N1CCCC1)N(Cc1ccc(-c2nnc(C(F)F)o2)cn1)c1ccc(F)c(Cl)c1. The molecule has 162 valence electrons. The van der Waals surface area contributed by atoms with Gasteiger partial charge in [-0.05, 0) is 43.2 Å². The van der Waals surface area contributed by atoms with Crippen molar-refractivity contribution < 1.29 is 22.4 Å². The lowest BCUT2D eigenvalue weighted by molar-refractivity contribution is 0.116. The van der Waals surface area contributed by atoms with E-state index >= 15 is 0 Å². The highest BCUT2D eigenvalue weighted by Gasteiger charge is 2.26. The Balaban J connectivity index is 1.58. The van der Waals surface area contributed by atoms with E-state index in [-0.39, 0.29) is 23.5 Å². The smallest absolute Gasteiger partial charge is 0.324 e. The fraction of sp³-hybridized carbons (Fsp3) is 0.300. The number of pyridine rings is 1. The molecule has 0 unspecified atom stereocenters. The van der Waals surface area contributed by atoms with Crippen molar-refractivity contribution in [3.8, 4) is 11.5 Å². The van der Waals surface area contributed by atoms with Gasteiger partial charge in [0.25, 0.3) is 5.89 Å². The van der Waals surface area contributed by atoms with E-state index in [4.69, 9.17) is 16.0 Å². The summed E-state index contributed by atoms with van der Waals surface area (Å²) >= 11 is 5.92. The monoisotopic (exact) mass is 451 g/mol. The second-order valence-electron chi connectivity index (χ2n) is 6.95. The van der Waals surface area contributed by atoms with E-state index in [9.17, 15) is 18.0 Å². The Bertz CT molecular complexity index is 1070. The molecule has 2 amide bonds. The van der Waals surface area contributed by atoms with Gasteiger partial charge in [0, 0.05) is 25.0 Å². The van der Waals surface area contributed by atoms with Gasteiger partial charge in [0.05, 0.1) is 22.8 Å². The van der Waals surface area contributed by atoms with E-state index < -0.39 is 18.1 Å².